The summed E-state index contributed by atoms with van der Waals surface area (Å²) in [4.78, 5) is 0. The number of ether oxygens (including phenoxy) is 1. The van der Waals surface area contributed by atoms with Crippen LogP contribution in [0, 0.1) is 0 Å². The van der Waals surface area contributed by atoms with Gasteiger partial charge in [-0.2, -0.15) is 5.10 Å². The Kier molecular flexibility index (Phi) is 7.75. The number of nitrogens with zero attached hydrogens (tertiary/aromatic N) is 2. The first kappa shape index (κ1) is 16.2. The second kappa shape index (κ2) is 9.10. The zero-order chi connectivity index (χ0) is 14.1. The van der Waals surface area contributed by atoms with Gasteiger partial charge in [-0.25, -0.2) is 0 Å². The smallest absolute Gasteiger partial charge is 0.0770 e. The topological polar surface area (TPSA) is 39.1 Å². The van der Waals surface area contributed by atoms with Gasteiger partial charge in [0.2, 0.25) is 0 Å². The van der Waals surface area contributed by atoms with E-state index in [0.717, 1.165) is 39.0 Å². The number of hydrogen-bond donors (Lipinski definition) is 1. The number of rotatable bonds is 10. The second-order valence-corrected chi connectivity index (χ2v) is 4.85. The van der Waals surface area contributed by atoms with Gasteiger partial charge in [0.1, 0.15) is 0 Å². The van der Waals surface area contributed by atoms with Crippen molar-refractivity contribution in [3.8, 4) is 0 Å². The molecular weight excluding hydrogens is 238 g/mol. The fraction of sp³-hybridized carbons (Fsp3) is 0.800. The molecule has 0 fully saturated rings. The van der Waals surface area contributed by atoms with Gasteiger partial charge in [0, 0.05) is 24.9 Å². The van der Waals surface area contributed by atoms with E-state index >= 15 is 0 Å². The van der Waals surface area contributed by atoms with E-state index < -0.39 is 0 Å². The van der Waals surface area contributed by atoms with Gasteiger partial charge < -0.3 is 10.1 Å². The highest BCUT2D eigenvalue weighted by atomic mass is 16.5. The zero-order valence-electron chi connectivity index (χ0n) is 12.9. The first-order valence-electron chi connectivity index (χ1n) is 7.64. The molecule has 4 nitrogen and oxygen atoms in total. The van der Waals surface area contributed by atoms with Crippen molar-refractivity contribution in [1.82, 2.24) is 15.1 Å². The molecule has 1 heterocycles. The molecule has 0 aliphatic heterocycles. The van der Waals surface area contributed by atoms with Gasteiger partial charge in [0.25, 0.3) is 0 Å². The van der Waals surface area contributed by atoms with Crippen molar-refractivity contribution in [2.45, 2.75) is 65.6 Å². The molecule has 0 aliphatic carbocycles. The lowest BCUT2D eigenvalue weighted by molar-refractivity contribution is 0.0280. The summed E-state index contributed by atoms with van der Waals surface area (Å²) < 4.78 is 7.94. The lowest BCUT2D eigenvalue weighted by atomic mass is 10.0. The van der Waals surface area contributed by atoms with Crippen molar-refractivity contribution in [1.29, 1.82) is 0 Å². The Morgan fingerprint density at radius 3 is 2.63 bits per heavy atom. The molecule has 0 amide bonds. The molecule has 0 bridgehead atoms. The van der Waals surface area contributed by atoms with E-state index in [9.17, 15) is 0 Å². The minimum atomic E-state index is 0.231. The van der Waals surface area contributed by atoms with E-state index in [1.54, 1.807) is 0 Å². The minimum absolute atomic E-state index is 0.231. The molecule has 2 atom stereocenters. The van der Waals surface area contributed by atoms with Crippen molar-refractivity contribution >= 4 is 0 Å². The van der Waals surface area contributed by atoms with Crippen LogP contribution in [-0.2, 0) is 11.3 Å². The first-order valence-corrected chi connectivity index (χ1v) is 7.64. The normalized spacial score (nSPS) is 14.5. The quantitative estimate of drug-likeness (QED) is 0.708. The third-order valence-electron chi connectivity index (χ3n) is 3.21. The SMILES string of the molecule is CCCC(OCC)C(NCC)c1cnn(CCC)c1. The third kappa shape index (κ3) is 4.96. The summed E-state index contributed by atoms with van der Waals surface area (Å²) in [7, 11) is 0. The molecule has 2 unspecified atom stereocenters. The van der Waals surface area contributed by atoms with E-state index in [0.29, 0.717) is 0 Å². The van der Waals surface area contributed by atoms with Crippen LogP contribution in [-0.4, -0.2) is 29.0 Å². The molecular formula is C15H29N3O. The van der Waals surface area contributed by atoms with Gasteiger partial charge >= 0.3 is 0 Å². The summed E-state index contributed by atoms with van der Waals surface area (Å²) in [5.41, 5.74) is 1.24. The fourth-order valence-corrected chi connectivity index (χ4v) is 2.42. The second-order valence-electron chi connectivity index (χ2n) is 4.85. The highest BCUT2D eigenvalue weighted by Gasteiger charge is 2.23. The molecule has 0 aromatic carbocycles. The molecule has 0 saturated carbocycles. The largest absolute Gasteiger partial charge is 0.377 e. The number of aromatic nitrogens is 2. The Bertz CT molecular complexity index is 332. The third-order valence-corrected chi connectivity index (χ3v) is 3.21. The summed E-state index contributed by atoms with van der Waals surface area (Å²) in [5, 5.41) is 7.98. The van der Waals surface area contributed by atoms with Crippen LogP contribution in [0.4, 0.5) is 0 Å². The predicted molar refractivity (Wildman–Crippen MR) is 79.3 cm³/mol. The molecule has 4 heteroatoms. The highest BCUT2D eigenvalue weighted by molar-refractivity contribution is 5.12. The van der Waals surface area contributed by atoms with Crippen molar-refractivity contribution in [3.63, 3.8) is 0 Å². The van der Waals surface area contributed by atoms with Crippen LogP contribution >= 0.6 is 0 Å². The number of nitrogens with one attached hydrogen (secondary N) is 1. The zero-order valence-corrected chi connectivity index (χ0v) is 12.9. The summed E-state index contributed by atoms with van der Waals surface area (Å²) in [6.45, 7) is 11.3. The molecule has 0 saturated heterocycles. The molecule has 19 heavy (non-hydrogen) atoms. The molecule has 1 aromatic heterocycles. The Morgan fingerprint density at radius 1 is 1.26 bits per heavy atom. The summed E-state index contributed by atoms with van der Waals surface area (Å²) >= 11 is 0. The number of likely N-dealkylation sites (N-methyl/N-ethyl adjacent to an activating group) is 1. The van der Waals surface area contributed by atoms with Crippen LogP contribution in [0.1, 0.15) is 58.6 Å². The summed E-state index contributed by atoms with van der Waals surface area (Å²) in [5.74, 6) is 0. The van der Waals surface area contributed by atoms with Crippen molar-refractivity contribution in [2.75, 3.05) is 13.2 Å². The Morgan fingerprint density at radius 2 is 2.05 bits per heavy atom. The molecule has 110 valence electrons. The van der Waals surface area contributed by atoms with Crippen LogP contribution in [0.3, 0.4) is 0 Å². The van der Waals surface area contributed by atoms with Gasteiger partial charge in [0.15, 0.2) is 0 Å². The Labute approximate surface area is 117 Å². The average molecular weight is 267 g/mol. The maximum atomic E-state index is 5.92. The lowest BCUT2D eigenvalue weighted by Crippen LogP contribution is -2.33. The standard InChI is InChI=1S/C15H29N3O/c1-5-9-14(19-8-4)15(16-7-3)13-11-17-18(12-13)10-6-2/h11-12,14-16H,5-10H2,1-4H3. The lowest BCUT2D eigenvalue weighted by Gasteiger charge is -2.26. The Balaban J connectivity index is 2.82. The van der Waals surface area contributed by atoms with Crippen LogP contribution < -0.4 is 5.32 Å². The minimum Gasteiger partial charge on any atom is -0.377 e. The van der Waals surface area contributed by atoms with Gasteiger partial charge in [-0.3, -0.25) is 4.68 Å². The van der Waals surface area contributed by atoms with Gasteiger partial charge in [-0.15, -0.1) is 0 Å². The van der Waals surface area contributed by atoms with Gasteiger partial charge in [0.05, 0.1) is 18.3 Å². The van der Waals surface area contributed by atoms with E-state index in [2.05, 4.69) is 44.3 Å². The maximum Gasteiger partial charge on any atom is 0.0770 e. The van der Waals surface area contributed by atoms with Crippen molar-refractivity contribution in [3.05, 3.63) is 18.0 Å². The molecule has 0 aliphatic rings. The molecule has 1 aromatic rings. The maximum absolute atomic E-state index is 5.92. The molecule has 0 radical (unpaired) electrons. The van der Waals surface area contributed by atoms with Crippen LogP contribution in [0.15, 0.2) is 12.4 Å². The van der Waals surface area contributed by atoms with Gasteiger partial charge in [-0.1, -0.05) is 27.2 Å². The monoisotopic (exact) mass is 267 g/mol. The van der Waals surface area contributed by atoms with Gasteiger partial charge in [-0.05, 0) is 26.3 Å². The first-order chi connectivity index (χ1) is 9.26. The summed E-state index contributed by atoms with van der Waals surface area (Å²) in [6, 6.07) is 0.246. The molecule has 1 rings (SSSR count). The highest BCUT2D eigenvalue weighted by Crippen LogP contribution is 2.22. The average Bonchev–Trinajstić information content (AvgIpc) is 2.85. The molecule has 0 spiro atoms. The van der Waals surface area contributed by atoms with Crippen LogP contribution in [0.2, 0.25) is 0 Å². The Hall–Kier alpha value is -0.870. The van der Waals surface area contributed by atoms with Crippen molar-refractivity contribution in [2.24, 2.45) is 0 Å². The van der Waals surface area contributed by atoms with Crippen LogP contribution in [0.25, 0.3) is 0 Å². The fourth-order valence-electron chi connectivity index (χ4n) is 2.42. The number of aryl methyl sites for hydroxylation is 1. The van der Waals surface area contributed by atoms with E-state index in [1.807, 2.05) is 10.9 Å². The van der Waals surface area contributed by atoms with E-state index in [4.69, 9.17) is 4.74 Å². The van der Waals surface area contributed by atoms with Crippen molar-refractivity contribution < 1.29 is 4.74 Å². The van der Waals surface area contributed by atoms with E-state index in [1.165, 1.54) is 5.56 Å². The van der Waals surface area contributed by atoms with Crippen LogP contribution in [0.5, 0.6) is 0 Å². The summed E-state index contributed by atoms with van der Waals surface area (Å²) in [6.07, 6.45) is 7.68. The molecule has 1 N–H and O–H groups in total. The van der Waals surface area contributed by atoms with E-state index in [-0.39, 0.29) is 12.1 Å². The number of hydrogen-bond acceptors (Lipinski definition) is 3. The predicted octanol–water partition coefficient (Wildman–Crippen LogP) is 3.15.